The van der Waals surface area contributed by atoms with Crippen molar-refractivity contribution in [3.05, 3.63) is 59.7 Å². The molecule has 2 rings (SSSR count). The summed E-state index contributed by atoms with van der Waals surface area (Å²) >= 11 is 0. The van der Waals surface area contributed by atoms with E-state index in [1.165, 1.54) is 5.56 Å². The van der Waals surface area contributed by atoms with E-state index in [4.69, 9.17) is 13.9 Å². The second kappa shape index (κ2) is 9.33. The van der Waals surface area contributed by atoms with Crippen LogP contribution in [0.3, 0.4) is 0 Å². The van der Waals surface area contributed by atoms with Gasteiger partial charge in [0.25, 0.3) is 8.32 Å². The first-order chi connectivity index (χ1) is 13.2. The Morgan fingerprint density at radius 2 is 1.64 bits per heavy atom. The normalized spacial score (nSPS) is 12.2. The van der Waals surface area contributed by atoms with Crippen molar-refractivity contribution in [2.24, 2.45) is 0 Å². The lowest BCUT2D eigenvalue weighted by Gasteiger charge is -2.36. The second-order valence-electron chi connectivity index (χ2n) is 8.46. The van der Waals surface area contributed by atoms with E-state index in [0.29, 0.717) is 6.61 Å². The van der Waals surface area contributed by atoms with E-state index < -0.39 is 8.32 Å². The minimum absolute atomic E-state index is 0.146. The zero-order chi connectivity index (χ0) is 20.8. The maximum absolute atomic E-state index is 6.48. The van der Waals surface area contributed by atoms with Gasteiger partial charge in [0, 0.05) is 0 Å². The van der Waals surface area contributed by atoms with Crippen molar-refractivity contribution in [1.82, 2.24) is 0 Å². The van der Waals surface area contributed by atoms with Crippen LogP contribution in [0.15, 0.2) is 48.5 Å². The molecule has 0 aliphatic heterocycles. The largest absolute Gasteiger partial charge is 0.541 e. The number of benzene rings is 2. The molecule has 0 aliphatic rings. The Balaban J connectivity index is 2.14. The maximum atomic E-state index is 6.48. The summed E-state index contributed by atoms with van der Waals surface area (Å²) in [6, 6.07) is 14.4. The Morgan fingerprint density at radius 3 is 2.21 bits per heavy atom. The average molecular weight is 399 g/mol. The molecule has 3 nitrogen and oxygen atoms in total. The standard InChI is InChI=1S/C24H34O3Si/c1-8-26-23-18-20(11-9-10-19-12-15-21(25-5)16-13-19)14-17-22(23)27-28(6,7)24(2,3)4/h9,11-18H,8,10H2,1-7H3/b11-9+. The smallest absolute Gasteiger partial charge is 0.250 e. The van der Waals surface area contributed by atoms with Gasteiger partial charge >= 0.3 is 0 Å². The molecule has 0 amide bonds. The number of rotatable bonds is 8. The number of allylic oxidation sites excluding steroid dienone is 1. The number of methoxy groups -OCH3 is 1. The fraction of sp³-hybridized carbons (Fsp3) is 0.417. The summed E-state index contributed by atoms with van der Waals surface area (Å²) in [5, 5.41) is 0.146. The predicted octanol–water partition coefficient (Wildman–Crippen LogP) is 6.73. The Morgan fingerprint density at radius 1 is 0.964 bits per heavy atom. The summed E-state index contributed by atoms with van der Waals surface area (Å²) in [6.45, 7) is 13.9. The fourth-order valence-corrected chi connectivity index (χ4v) is 3.53. The summed E-state index contributed by atoms with van der Waals surface area (Å²) in [5.74, 6) is 2.55. The van der Waals surface area contributed by atoms with Gasteiger partial charge in [0.05, 0.1) is 13.7 Å². The summed E-state index contributed by atoms with van der Waals surface area (Å²) < 4.78 is 17.6. The van der Waals surface area contributed by atoms with Crippen LogP contribution in [0.1, 0.15) is 38.8 Å². The third kappa shape index (κ3) is 5.90. The van der Waals surface area contributed by atoms with Crippen LogP contribution in [-0.4, -0.2) is 22.0 Å². The number of ether oxygens (including phenoxy) is 2. The van der Waals surface area contributed by atoms with Gasteiger partial charge in [-0.1, -0.05) is 51.1 Å². The Labute approximate surface area is 171 Å². The molecule has 2 aromatic rings. The molecule has 0 N–H and O–H groups in total. The fourth-order valence-electron chi connectivity index (χ4n) is 2.50. The summed E-state index contributed by atoms with van der Waals surface area (Å²) in [7, 11) is -0.225. The van der Waals surface area contributed by atoms with Gasteiger partial charge in [0.1, 0.15) is 11.5 Å². The summed E-state index contributed by atoms with van der Waals surface area (Å²) in [4.78, 5) is 0. The van der Waals surface area contributed by atoms with Gasteiger partial charge in [-0.3, -0.25) is 0 Å². The highest BCUT2D eigenvalue weighted by molar-refractivity contribution is 6.74. The summed E-state index contributed by atoms with van der Waals surface area (Å²) in [5.41, 5.74) is 2.36. The molecule has 4 heteroatoms. The van der Waals surface area contributed by atoms with Crippen molar-refractivity contribution >= 4 is 14.4 Å². The van der Waals surface area contributed by atoms with Crippen LogP contribution < -0.4 is 13.9 Å². The zero-order valence-electron chi connectivity index (χ0n) is 18.3. The van der Waals surface area contributed by atoms with Crippen LogP contribution >= 0.6 is 0 Å². The number of hydrogen-bond donors (Lipinski definition) is 0. The van der Waals surface area contributed by atoms with E-state index in [1.54, 1.807) is 7.11 Å². The van der Waals surface area contributed by atoms with Crippen molar-refractivity contribution in [2.45, 2.75) is 52.2 Å². The van der Waals surface area contributed by atoms with Gasteiger partial charge in [0.15, 0.2) is 5.75 Å². The first-order valence-corrected chi connectivity index (χ1v) is 12.8. The quantitative estimate of drug-likeness (QED) is 0.461. The third-order valence-electron chi connectivity index (χ3n) is 5.26. The molecule has 0 atom stereocenters. The van der Waals surface area contributed by atoms with Crippen molar-refractivity contribution < 1.29 is 13.9 Å². The van der Waals surface area contributed by atoms with Crippen molar-refractivity contribution in [1.29, 1.82) is 0 Å². The first-order valence-electron chi connectivity index (χ1n) is 9.91. The van der Waals surface area contributed by atoms with E-state index in [9.17, 15) is 0 Å². The highest BCUT2D eigenvalue weighted by Gasteiger charge is 2.39. The topological polar surface area (TPSA) is 27.7 Å². The minimum Gasteiger partial charge on any atom is -0.541 e. The molecule has 2 aromatic carbocycles. The van der Waals surface area contributed by atoms with Gasteiger partial charge in [-0.25, -0.2) is 0 Å². The Hall–Kier alpha value is -2.20. The van der Waals surface area contributed by atoms with Gasteiger partial charge in [-0.05, 0) is 66.9 Å². The highest BCUT2D eigenvalue weighted by atomic mass is 28.4. The molecule has 0 saturated carbocycles. The lowest BCUT2D eigenvalue weighted by molar-refractivity contribution is 0.325. The van der Waals surface area contributed by atoms with E-state index in [1.807, 2.05) is 25.1 Å². The van der Waals surface area contributed by atoms with Gasteiger partial charge in [0.2, 0.25) is 0 Å². The monoisotopic (exact) mass is 398 g/mol. The molecule has 0 heterocycles. The average Bonchev–Trinajstić information content (AvgIpc) is 2.63. The van der Waals surface area contributed by atoms with Crippen LogP contribution in [0.25, 0.3) is 6.08 Å². The van der Waals surface area contributed by atoms with E-state index in [0.717, 1.165) is 29.2 Å². The van der Waals surface area contributed by atoms with Crippen LogP contribution in [0.2, 0.25) is 18.1 Å². The van der Waals surface area contributed by atoms with Crippen molar-refractivity contribution in [3.8, 4) is 17.2 Å². The SMILES string of the molecule is CCOc1cc(/C=C/Cc2ccc(OC)cc2)ccc1O[Si](C)(C)C(C)(C)C. The molecule has 0 radical (unpaired) electrons. The first kappa shape index (κ1) is 22.1. The zero-order valence-corrected chi connectivity index (χ0v) is 19.3. The minimum atomic E-state index is -1.91. The van der Waals surface area contributed by atoms with Gasteiger partial charge in [-0.2, -0.15) is 0 Å². The third-order valence-corrected chi connectivity index (χ3v) is 9.60. The molecule has 0 saturated heterocycles. The Kier molecular flexibility index (Phi) is 7.36. The molecule has 152 valence electrons. The molecular formula is C24H34O3Si. The molecule has 0 aromatic heterocycles. The molecule has 0 spiro atoms. The van der Waals surface area contributed by atoms with E-state index in [-0.39, 0.29) is 5.04 Å². The summed E-state index contributed by atoms with van der Waals surface area (Å²) in [6.07, 6.45) is 5.17. The molecular weight excluding hydrogens is 364 g/mol. The van der Waals surface area contributed by atoms with Gasteiger partial charge < -0.3 is 13.9 Å². The maximum Gasteiger partial charge on any atom is 0.250 e. The molecule has 0 fully saturated rings. The molecule has 28 heavy (non-hydrogen) atoms. The highest BCUT2D eigenvalue weighted by Crippen LogP contribution is 2.40. The number of hydrogen-bond acceptors (Lipinski definition) is 3. The molecule has 0 aliphatic carbocycles. The Bertz CT molecular complexity index is 786. The predicted molar refractivity (Wildman–Crippen MR) is 121 cm³/mol. The van der Waals surface area contributed by atoms with Crippen LogP contribution in [0.5, 0.6) is 17.2 Å². The van der Waals surface area contributed by atoms with E-state index in [2.05, 4.69) is 70.3 Å². The van der Waals surface area contributed by atoms with Crippen molar-refractivity contribution in [2.75, 3.05) is 13.7 Å². The second-order valence-corrected chi connectivity index (χ2v) is 13.2. The molecule has 0 bridgehead atoms. The van der Waals surface area contributed by atoms with Crippen LogP contribution in [0, 0.1) is 0 Å². The van der Waals surface area contributed by atoms with Crippen molar-refractivity contribution in [3.63, 3.8) is 0 Å². The molecule has 0 unspecified atom stereocenters. The van der Waals surface area contributed by atoms with Crippen LogP contribution in [-0.2, 0) is 6.42 Å². The van der Waals surface area contributed by atoms with E-state index >= 15 is 0 Å². The van der Waals surface area contributed by atoms with Crippen LogP contribution in [0.4, 0.5) is 0 Å². The lowest BCUT2D eigenvalue weighted by atomic mass is 10.1. The lowest BCUT2D eigenvalue weighted by Crippen LogP contribution is -2.43. The van der Waals surface area contributed by atoms with Gasteiger partial charge in [-0.15, -0.1) is 0 Å².